The Kier molecular flexibility index (Phi) is 5.44. The van der Waals surface area contributed by atoms with Crippen LogP contribution in [-0.2, 0) is 9.59 Å². The molecule has 0 aromatic rings. The molecular weight excluding hydrogens is 356 g/mol. The molecule has 2 saturated carbocycles. The number of carbonyl (C=O) groups excluding carboxylic acids is 3. The molecule has 7 nitrogen and oxygen atoms in total. The summed E-state index contributed by atoms with van der Waals surface area (Å²) in [6.45, 7) is 6.39. The second-order valence-corrected chi connectivity index (χ2v) is 9.47. The third-order valence-electron chi connectivity index (χ3n) is 7.45. The van der Waals surface area contributed by atoms with E-state index in [9.17, 15) is 19.6 Å². The predicted octanol–water partition coefficient (Wildman–Crippen LogP) is 2.86. The van der Waals surface area contributed by atoms with Gasteiger partial charge in [0.05, 0.1) is 6.07 Å². The van der Waals surface area contributed by atoms with Crippen LogP contribution in [0.15, 0.2) is 0 Å². The summed E-state index contributed by atoms with van der Waals surface area (Å²) in [6.07, 6.45) is 7.14. The van der Waals surface area contributed by atoms with Crippen LogP contribution in [-0.4, -0.2) is 40.4 Å². The molecule has 0 unspecified atom stereocenters. The van der Waals surface area contributed by atoms with Crippen LogP contribution >= 0.6 is 0 Å². The molecule has 154 valence electrons. The molecule has 4 amide bonds. The van der Waals surface area contributed by atoms with Gasteiger partial charge >= 0.3 is 6.03 Å². The third kappa shape index (κ3) is 3.61. The molecule has 3 fully saturated rings. The number of carbonyl (C=O) groups is 3. The van der Waals surface area contributed by atoms with Gasteiger partial charge in [-0.2, -0.15) is 5.26 Å². The van der Waals surface area contributed by atoms with Crippen molar-refractivity contribution in [2.24, 2.45) is 11.3 Å². The van der Waals surface area contributed by atoms with E-state index in [1.54, 1.807) is 0 Å². The molecule has 0 aromatic carbocycles. The molecule has 0 aromatic heterocycles. The highest BCUT2D eigenvalue weighted by Crippen LogP contribution is 2.45. The van der Waals surface area contributed by atoms with Gasteiger partial charge in [0, 0.05) is 0 Å². The third-order valence-corrected chi connectivity index (χ3v) is 7.45. The van der Waals surface area contributed by atoms with Gasteiger partial charge in [-0.3, -0.25) is 14.5 Å². The molecular formula is C21H32N4O3. The Bertz CT molecular complexity index is 695. The van der Waals surface area contributed by atoms with Gasteiger partial charge in [0.15, 0.2) is 0 Å². The van der Waals surface area contributed by atoms with E-state index in [2.05, 4.69) is 37.5 Å². The topological polar surface area (TPSA) is 102 Å². The summed E-state index contributed by atoms with van der Waals surface area (Å²) in [4.78, 5) is 39.0. The van der Waals surface area contributed by atoms with Gasteiger partial charge in [0.1, 0.15) is 17.6 Å². The summed E-state index contributed by atoms with van der Waals surface area (Å²) in [5, 5.41) is 15.1. The normalized spacial score (nSPS) is 29.6. The average molecular weight is 389 g/mol. The van der Waals surface area contributed by atoms with Gasteiger partial charge in [-0.05, 0) is 62.7 Å². The van der Waals surface area contributed by atoms with E-state index in [1.165, 1.54) is 0 Å². The van der Waals surface area contributed by atoms with Crippen molar-refractivity contribution in [2.75, 3.05) is 6.54 Å². The van der Waals surface area contributed by atoms with Crippen molar-refractivity contribution in [2.45, 2.75) is 89.6 Å². The Morgan fingerprint density at radius 3 is 2.39 bits per heavy atom. The Balaban J connectivity index is 1.63. The average Bonchev–Trinajstić information content (AvgIpc) is 3.22. The highest BCUT2D eigenvalue weighted by Gasteiger charge is 2.54. The lowest BCUT2D eigenvalue weighted by molar-refractivity contribution is -0.136. The van der Waals surface area contributed by atoms with Crippen LogP contribution in [0.4, 0.5) is 4.79 Å². The molecule has 1 heterocycles. The van der Waals surface area contributed by atoms with Crippen LogP contribution in [0.3, 0.4) is 0 Å². The van der Waals surface area contributed by atoms with Crippen LogP contribution in [0.5, 0.6) is 0 Å². The number of urea groups is 1. The molecule has 0 bridgehead atoms. The molecule has 3 rings (SSSR count). The van der Waals surface area contributed by atoms with Crippen LogP contribution < -0.4 is 10.6 Å². The molecule has 2 aliphatic carbocycles. The minimum Gasteiger partial charge on any atom is -0.336 e. The van der Waals surface area contributed by atoms with E-state index in [1.807, 2.05) is 0 Å². The number of rotatable bonds is 5. The van der Waals surface area contributed by atoms with Crippen LogP contribution in [0.1, 0.15) is 78.6 Å². The monoisotopic (exact) mass is 388 g/mol. The minimum absolute atomic E-state index is 0.222. The Morgan fingerprint density at radius 1 is 1.25 bits per heavy atom. The van der Waals surface area contributed by atoms with Crippen molar-refractivity contribution in [1.82, 2.24) is 15.5 Å². The fourth-order valence-electron chi connectivity index (χ4n) is 5.03. The Morgan fingerprint density at radius 2 is 1.86 bits per heavy atom. The van der Waals surface area contributed by atoms with Gasteiger partial charge in [0.25, 0.3) is 5.91 Å². The SMILES string of the molecule is CCC(C)(C)C1CCC2(CC1)NC(=O)N(CC(=O)NC1(C#N)CCCC1)C2=O. The smallest absolute Gasteiger partial charge is 0.325 e. The van der Waals surface area contributed by atoms with Crippen molar-refractivity contribution >= 4 is 17.8 Å². The number of nitrogens with one attached hydrogen (secondary N) is 2. The second-order valence-electron chi connectivity index (χ2n) is 9.47. The molecule has 2 N–H and O–H groups in total. The zero-order chi connectivity index (χ0) is 20.6. The molecule has 7 heteroatoms. The Labute approximate surface area is 167 Å². The zero-order valence-corrected chi connectivity index (χ0v) is 17.3. The van der Waals surface area contributed by atoms with Gasteiger partial charge in [-0.1, -0.05) is 27.2 Å². The minimum atomic E-state index is -0.863. The summed E-state index contributed by atoms with van der Waals surface area (Å²) < 4.78 is 0. The number of hydrogen-bond donors (Lipinski definition) is 2. The van der Waals surface area contributed by atoms with Crippen molar-refractivity contribution in [3.05, 3.63) is 0 Å². The lowest BCUT2D eigenvalue weighted by Crippen LogP contribution is -2.52. The van der Waals surface area contributed by atoms with E-state index in [0.717, 1.165) is 37.0 Å². The number of nitriles is 1. The van der Waals surface area contributed by atoms with E-state index in [-0.39, 0.29) is 17.9 Å². The van der Waals surface area contributed by atoms with Crippen molar-refractivity contribution < 1.29 is 14.4 Å². The highest BCUT2D eigenvalue weighted by atomic mass is 16.2. The van der Waals surface area contributed by atoms with Crippen molar-refractivity contribution in [3.8, 4) is 6.07 Å². The number of nitrogens with zero attached hydrogens (tertiary/aromatic N) is 2. The summed E-state index contributed by atoms with van der Waals surface area (Å²) in [5.74, 6) is -0.203. The quantitative estimate of drug-likeness (QED) is 0.707. The van der Waals surface area contributed by atoms with Gasteiger partial charge in [-0.25, -0.2) is 4.79 Å². The largest absolute Gasteiger partial charge is 0.336 e. The Hall–Kier alpha value is -2.10. The van der Waals surface area contributed by atoms with E-state index >= 15 is 0 Å². The van der Waals surface area contributed by atoms with Gasteiger partial charge < -0.3 is 10.6 Å². The first-order valence-electron chi connectivity index (χ1n) is 10.5. The zero-order valence-electron chi connectivity index (χ0n) is 17.3. The predicted molar refractivity (Wildman–Crippen MR) is 104 cm³/mol. The summed E-state index contributed by atoms with van der Waals surface area (Å²) in [7, 11) is 0. The molecule has 3 aliphatic rings. The van der Waals surface area contributed by atoms with Crippen molar-refractivity contribution in [3.63, 3.8) is 0 Å². The fourth-order valence-corrected chi connectivity index (χ4v) is 5.03. The number of amides is 4. The maximum atomic E-state index is 13.0. The lowest BCUT2D eigenvalue weighted by atomic mass is 9.65. The fraction of sp³-hybridized carbons (Fsp3) is 0.810. The van der Waals surface area contributed by atoms with Crippen LogP contribution in [0.2, 0.25) is 0 Å². The number of hydrogen-bond acceptors (Lipinski definition) is 4. The first-order chi connectivity index (χ1) is 13.2. The van der Waals surface area contributed by atoms with Gasteiger partial charge in [0.2, 0.25) is 5.91 Å². The first-order valence-corrected chi connectivity index (χ1v) is 10.5. The van der Waals surface area contributed by atoms with Crippen LogP contribution in [0, 0.1) is 22.7 Å². The maximum Gasteiger partial charge on any atom is 0.325 e. The van der Waals surface area contributed by atoms with E-state index in [0.29, 0.717) is 31.6 Å². The van der Waals surface area contributed by atoms with E-state index in [4.69, 9.17) is 0 Å². The molecule has 28 heavy (non-hydrogen) atoms. The van der Waals surface area contributed by atoms with E-state index < -0.39 is 23.0 Å². The number of imide groups is 1. The summed E-state index contributed by atoms with van der Waals surface area (Å²) >= 11 is 0. The molecule has 1 aliphatic heterocycles. The first kappa shape index (κ1) is 20.6. The summed E-state index contributed by atoms with van der Waals surface area (Å²) in [5.41, 5.74) is -1.49. The van der Waals surface area contributed by atoms with Gasteiger partial charge in [-0.15, -0.1) is 0 Å². The second kappa shape index (κ2) is 7.38. The molecule has 1 spiro atoms. The summed E-state index contributed by atoms with van der Waals surface area (Å²) in [6, 6.07) is 1.71. The van der Waals surface area contributed by atoms with Crippen molar-refractivity contribution in [1.29, 1.82) is 5.26 Å². The standard InChI is InChI=1S/C21H32N4O3/c1-4-19(2,3)15-7-11-21(12-8-15)17(27)25(18(28)24-21)13-16(26)23-20(14-22)9-5-6-10-20/h15H,4-13H2,1-3H3,(H,23,26)(H,24,28). The molecule has 0 atom stereocenters. The molecule has 0 radical (unpaired) electrons. The molecule has 1 saturated heterocycles. The highest BCUT2D eigenvalue weighted by molar-refractivity contribution is 6.09. The lowest BCUT2D eigenvalue weighted by Gasteiger charge is -2.42. The maximum absolute atomic E-state index is 13.0. The van der Waals surface area contributed by atoms with Crippen LogP contribution in [0.25, 0.3) is 0 Å².